The van der Waals surface area contributed by atoms with E-state index in [9.17, 15) is 4.79 Å². The zero-order chi connectivity index (χ0) is 10.8. The zero-order valence-electron chi connectivity index (χ0n) is 8.74. The summed E-state index contributed by atoms with van der Waals surface area (Å²) in [4.78, 5) is 10.9. The normalized spacial score (nSPS) is 19.6. The zero-order valence-corrected chi connectivity index (χ0v) is 8.74. The van der Waals surface area contributed by atoms with E-state index in [0.29, 0.717) is 6.54 Å². The van der Waals surface area contributed by atoms with Gasteiger partial charge in [-0.05, 0) is 18.6 Å². The molecule has 1 N–H and O–H groups in total. The Hall–Kier alpha value is -1.71. The Bertz CT molecular complexity index is 389. The van der Waals surface area contributed by atoms with Gasteiger partial charge in [0.15, 0.2) is 0 Å². The molecule has 1 aliphatic heterocycles. The van der Waals surface area contributed by atoms with Gasteiger partial charge in [-0.1, -0.05) is 12.1 Å². The summed E-state index contributed by atoms with van der Waals surface area (Å²) < 4.78 is 10.4. The Morgan fingerprint density at radius 3 is 2.93 bits per heavy atom. The van der Waals surface area contributed by atoms with Gasteiger partial charge in [-0.25, -0.2) is 4.79 Å². The molecule has 0 radical (unpaired) electrons. The van der Waals surface area contributed by atoms with Gasteiger partial charge in [0.1, 0.15) is 11.9 Å². The van der Waals surface area contributed by atoms with Crippen LogP contribution >= 0.6 is 0 Å². The molecular formula is C11H13NO3. The maximum atomic E-state index is 10.9. The summed E-state index contributed by atoms with van der Waals surface area (Å²) >= 11 is 0. The summed E-state index contributed by atoms with van der Waals surface area (Å²) in [6.07, 6.45) is -0.615. The van der Waals surface area contributed by atoms with Crippen LogP contribution in [-0.4, -0.2) is 19.7 Å². The minimum absolute atomic E-state index is 0.243. The lowest BCUT2D eigenvalue weighted by Gasteiger charge is -2.13. The van der Waals surface area contributed by atoms with Crippen molar-refractivity contribution >= 4 is 6.09 Å². The van der Waals surface area contributed by atoms with Crippen LogP contribution < -0.4 is 10.1 Å². The number of amides is 1. The third kappa shape index (κ3) is 1.88. The molecule has 0 aliphatic carbocycles. The first-order valence-electron chi connectivity index (χ1n) is 4.79. The largest absolute Gasteiger partial charge is 0.496 e. The van der Waals surface area contributed by atoms with E-state index in [-0.39, 0.29) is 12.2 Å². The maximum Gasteiger partial charge on any atom is 0.407 e. The number of carbonyl (C=O) groups is 1. The number of nitrogens with one attached hydrogen (secondary N) is 1. The third-order valence-corrected chi connectivity index (χ3v) is 2.42. The highest BCUT2D eigenvalue weighted by Crippen LogP contribution is 2.30. The molecule has 1 aromatic carbocycles. The van der Waals surface area contributed by atoms with E-state index in [4.69, 9.17) is 9.47 Å². The molecule has 0 spiro atoms. The van der Waals surface area contributed by atoms with Crippen LogP contribution in [0.1, 0.15) is 17.2 Å². The molecule has 0 bridgehead atoms. The number of alkyl carbamates (subject to hydrolysis) is 1. The van der Waals surface area contributed by atoms with Crippen molar-refractivity contribution in [2.24, 2.45) is 0 Å². The maximum absolute atomic E-state index is 10.9. The van der Waals surface area contributed by atoms with Gasteiger partial charge in [0.2, 0.25) is 0 Å². The van der Waals surface area contributed by atoms with Crippen molar-refractivity contribution in [3.05, 3.63) is 29.3 Å². The van der Waals surface area contributed by atoms with E-state index >= 15 is 0 Å². The lowest BCUT2D eigenvalue weighted by atomic mass is 10.1. The highest BCUT2D eigenvalue weighted by atomic mass is 16.6. The van der Waals surface area contributed by atoms with E-state index in [2.05, 4.69) is 5.32 Å². The quantitative estimate of drug-likeness (QED) is 0.804. The van der Waals surface area contributed by atoms with Gasteiger partial charge in [0, 0.05) is 5.56 Å². The number of benzene rings is 1. The molecule has 0 aromatic heterocycles. The molecule has 0 saturated carbocycles. The topological polar surface area (TPSA) is 47.6 Å². The van der Waals surface area contributed by atoms with Crippen molar-refractivity contribution in [2.45, 2.75) is 13.0 Å². The lowest BCUT2D eigenvalue weighted by molar-refractivity contribution is 0.139. The molecule has 1 amide bonds. The van der Waals surface area contributed by atoms with Gasteiger partial charge in [0.25, 0.3) is 0 Å². The average Bonchev–Trinajstić information content (AvgIpc) is 2.64. The Balaban J connectivity index is 2.31. The number of hydrogen-bond acceptors (Lipinski definition) is 3. The second kappa shape index (κ2) is 3.81. The smallest absolute Gasteiger partial charge is 0.407 e. The third-order valence-electron chi connectivity index (χ3n) is 2.42. The molecule has 1 unspecified atom stereocenters. The fourth-order valence-corrected chi connectivity index (χ4v) is 1.65. The molecule has 1 heterocycles. The van der Waals surface area contributed by atoms with E-state index in [1.165, 1.54) is 0 Å². The first-order chi connectivity index (χ1) is 7.20. The van der Waals surface area contributed by atoms with Crippen LogP contribution in [0.3, 0.4) is 0 Å². The minimum atomic E-state index is -0.373. The van der Waals surface area contributed by atoms with Crippen LogP contribution in [0, 0.1) is 6.92 Å². The molecule has 1 saturated heterocycles. The average molecular weight is 207 g/mol. The van der Waals surface area contributed by atoms with Crippen molar-refractivity contribution in [3.8, 4) is 5.75 Å². The summed E-state index contributed by atoms with van der Waals surface area (Å²) in [6.45, 7) is 2.49. The van der Waals surface area contributed by atoms with Gasteiger partial charge < -0.3 is 14.8 Å². The SMILES string of the molecule is COc1cc(C)ccc1C1CNC(=O)O1. The van der Waals surface area contributed by atoms with Crippen LogP contribution in [0.2, 0.25) is 0 Å². The van der Waals surface area contributed by atoms with Gasteiger partial charge in [-0.2, -0.15) is 0 Å². The Morgan fingerprint density at radius 2 is 2.33 bits per heavy atom. The molecular weight excluding hydrogens is 194 g/mol. The molecule has 1 atom stereocenters. The van der Waals surface area contributed by atoms with Crippen LogP contribution in [0.25, 0.3) is 0 Å². The highest BCUT2D eigenvalue weighted by molar-refractivity contribution is 5.70. The minimum Gasteiger partial charge on any atom is -0.496 e. The van der Waals surface area contributed by atoms with Crippen molar-refractivity contribution in [2.75, 3.05) is 13.7 Å². The van der Waals surface area contributed by atoms with E-state index in [1.807, 2.05) is 25.1 Å². The summed E-state index contributed by atoms with van der Waals surface area (Å²) in [5.41, 5.74) is 2.02. The fourth-order valence-electron chi connectivity index (χ4n) is 1.65. The first-order valence-corrected chi connectivity index (χ1v) is 4.79. The molecule has 4 heteroatoms. The van der Waals surface area contributed by atoms with Crippen LogP contribution in [0.15, 0.2) is 18.2 Å². The second-order valence-electron chi connectivity index (χ2n) is 3.52. The summed E-state index contributed by atoms with van der Waals surface area (Å²) in [6, 6.07) is 5.84. The standard InChI is InChI=1S/C11H13NO3/c1-7-3-4-8(9(5-7)14-2)10-6-12-11(13)15-10/h3-5,10H,6H2,1-2H3,(H,12,13). The van der Waals surface area contributed by atoms with Gasteiger partial charge in [-0.3, -0.25) is 0 Å². The molecule has 15 heavy (non-hydrogen) atoms. The molecule has 80 valence electrons. The van der Waals surface area contributed by atoms with Crippen molar-refractivity contribution in [1.82, 2.24) is 5.32 Å². The summed E-state index contributed by atoms with van der Waals surface area (Å²) in [5, 5.41) is 2.62. The van der Waals surface area contributed by atoms with Crippen molar-refractivity contribution in [1.29, 1.82) is 0 Å². The highest BCUT2D eigenvalue weighted by Gasteiger charge is 2.26. The van der Waals surface area contributed by atoms with E-state index in [1.54, 1.807) is 7.11 Å². The summed E-state index contributed by atoms with van der Waals surface area (Å²) in [5.74, 6) is 0.761. The summed E-state index contributed by atoms with van der Waals surface area (Å²) in [7, 11) is 1.61. The van der Waals surface area contributed by atoms with Crippen LogP contribution in [0.4, 0.5) is 4.79 Å². The van der Waals surface area contributed by atoms with Gasteiger partial charge in [-0.15, -0.1) is 0 Å². The van der Waals surface area contributed by atoms with Crippen LogP contribution in [0.5, 0.6) is 5.75 Å². The lowest BCUT2D eigenvalue weighted by Crippen LogP contribution is -2.12. The van der Waals surface area contributed by atoms with Gasteiger partial charge >= 0.3 is 6.09 Å². The molecule has 1 fully saturated rings. The molecule has 2 rings (SSSR count). The number of aryl methyl sites for hydroxylation is 1. The van der Waals surface area contributed by atoms with Gasteiger partial charge in [0.05, 0.1) is 13.7 Å². The number of rotatable bonds is 2. The Morgan fingerprint density at radius 1 is 1.53 bits per heavy atom. The Kier molecular flexibility index (Phi) is 2.49. The van der Waals surface area contributed by atoms with E-state index in [0.717, 1.165) is 16.9 Å². The van der Waals surface area contributed by atoms with Crippen molar-refractivity contribution < 1.29 is 14.3 Å². The Labute approximate surface area is 88.2 Å². The number of carbonyl (C=O) groups excluding carboxylic acids is 1. The van der Waals surface area contributed by atoms with Crippen molar-refractivity contribution in [3.63, 3.8) is 0 Å². The molecule has 1 aliphatic rings. The molecule has 1 aromatic rings. The van der Waals surface area contributed by atoms with E-state index < -0.39 is 0 Å². The number of ether oxygens (including phenoxy) is 2. The predicted molar refractivity (Wildman–Crippen MR) is 55.0 cm³/mol. The first kappa shape index (κ1) is 9.83. The number of hydrogen-bond donors (Lipinski definition) is 1. The predicted octanol–water partition coefficient (Wildman–Crippen LogP) is 1.78. The van der Waals surface area contributed by atoms with Crippen LogP contribution in [-0.2, 0) is 4.74 Å². The number of cyclic esters (lactones) is 1. The fraction of sp³-hybridized carbons (Fsp3) is 0.364. The second-order valence-corrected chi connectivity index (χ2v) is 3.52. The monoisotopic (exact) mass is 207 g/mol. The number of methoxy groups -OCH3 is 1. The molecule has 4 nitrogen and oxygen atoms in total.